The maximum Gasteiger partial charge on any atom is 0.131 e. The minimum Gasteiger partial charge on any atom is -0.325 e. The Balaban J connectivity index is 2.61. The Morgan fingerprint density at radius 1 is 1.31 bits per heavy atom. The summed E-state index contributed by atoms with van der Waals surface area (Å²) >= 11 is 0. The fraction of sp³-hybridized carbons (Fsp3) is 0.182. The van der Waals surface area contributed by atoms with Crippen LogP contribution in [-0.4, -0.2) is 9.78 Å². The van der Waals surface area contributed by atoms with Crippen molar-refractivity contribution >= 4 is 0 Å². The summed E-state index contributed by atoms with van der Waals surface area (Å²) < 4.78 is 28.1. The van der Waals surface area contributed by atoms with Crippen molar-refractivity contribution in [3.8, 4) is 11.1 Å². The topological polar surface area (TPSA) is 43.8 Å². The average Bonchev–Trinajstić information content (AvgIpc) is 2.63. The molecule has 2 N–H and O–H groups in total. The van der Waals surface area contributed by atoms with E-state index in [0.29, 0.717) is 11.3 Å². The molecule has 84 valence electrons. The van der Waals surface area contributed by atoms with Gasteiger partial charge in [0.15, 0.2) is 0 Å². The molecule has 0 fully saturated rings. The summed E-state index contributed by atoms with van der Waals surface area (Å²) in [4.78, 5) is 0. The molecular weight excluding hydrogens is 212 g/mol. The lowest BCUT2D eigenvalue weighted by atomic mass is 10.1. The average molecular weight is 223 g/mol. The standard InChI is InChI=1S/C11H11F2N3/c1-16-6-9(11(5-14)15-16)8-4-7(12)2-3-10(8)13/h2-4,6H,5,14H2,1H3. The second-order valence-corrected chi connectivity index (χ2v) is 3.49. The highest BCUT2D eigenvalue weighted by Gasteiger charge is 2.13. The number of halogens is 2. The van der Waals surface area contributed by atoms with Gasteiger partial charge in [-0.05, 0) is 18.2 Å². The van der Waals surface area contributed by atoms with Crippen molar-refractivity contribution in [3.05, 3.63) is 41.7 Å². The lowest BCUT2D eigenvalue weighted by Gasteiger charge is -2.02. The molecule has 0 amide bonds. The molecule has 0 saturated carbocycles. The highest BCUT2D eigenvalue weighted by atomic mass is 19.1. The number of aromatic nitrogens is 2. The molecule has 0 aliphatic rings. The first-order valence-corrected chi connectivity index (χ1v) is 4.80. The van der Waals surface area contributed by atoms with Crippen molar-refractivity contribution in [1.29, 1.82) is 0 Å². The van der Waals surface area contributed by atoms with Gasteiger partial charge in [0.05, 0.1) is 5.69 Å². The number of nitrogens with zero attached hydrogens (tertiary/aromatic N) is 2. The number of hydrogen-bond acceptors (Lipinski definition) is 2. The van der Waals surface area contributed by atoms with E-state index in [2.05, 4.69) is 5.10 Å². The fourth-order valence-electron chi connectivity index (χ4n) is 1.61. The monoisotopic (exact) mass is 223 g/mol. The molecule has 16 heavy (non-hydrogen) atoms. The Kier molecular flexibility index (Phi) is 2.70. The van der Waals surface area contributed by atoms with Crippen LogP contribution in [0.2, 0.25) is 0 Å². The summed E-state index contributed by atoms with van der Waals surface area (Å²) in [6, 6.07) is 3.32. The first-order valence-electron chi connectivity index (χ1n) is 4.80. The third-order valence-corrected chi connectivity index (χ3v) is 2.32. The molecule has 2 rings (SSSR count). The van der Waals surface area contributed by atoms with Gasteiger partial charge in [-0.25, -0.2) is 8.78 Å². The van der Waals surface area contributed by atoms with Gasteiger partial charge in [0.2, 0.25) is 0 Å². The Morgan fingerprint density at radius 2 is 2.06 bits per heavy atom. The number of aryl methyl sites for hydroxylation is 1. The number of nitrogens with two attached hydrogens (primary N) is 1. The first kappa shape index (κ1) is 10.8. The van der Waals surface area contributed by atoms with E-state index in [0.717, 1.165) is 18.2 Å². The Labute approximate surface area is 91.5 Å². The molecule has 0 spiro atoms. The van der Waals surface area contributed by atoms with Crippen LogP contribution in [0.1, 0.15) is 5.69 Å². The van der Waals surface area contributed by atoms with Crippen LogP contribution < -0.4 is 5.73 Å². The van der Waals surface area contributed by atoms with Crippen LogP contribution >= 0.6 is 0 Å². The summed E-state index contributed by atoms with van der Waals surface area (Å²) in [5.41, 5.74) is 6.76. The van der Waals surface area contributed by atoms with Gasteiger partial charge in [-0.3, -0.25) is 4.68 Å². The smallest absolute Gasteiger partial charge is 0.131 e. The Morgan fingerprint density at radius 3 is 2.75 bits per heavy atom. The van der Waals surface area contributed by atoms with Gasteiger partial charge in [0, 0.05) is 30.9 Å². The van der Waals surface area contributed by atoms with Crippen molar-refractivity contribution in [2.45, 2.75) is 6.54 Å². The lowest BCUT2D eigenvalue weighted by Crippen LogP contribution is -2.00. The van der Waals surface area contributed by atoms with E-state index in [1.165, 1.54) is 4.68 Å². The zero-order valence-corrected chi connectivity index (χ0v) is 8.74. The highest BCUT2D eigenvalue weighted by molar-refractivity contribution is 5.66. The van der Waals surface area contributed by atoms with Crippen molar-refractivity contribution in [1.82, 2.24) is 9.78 Å². The summed E-state index contributed by atoms with van der Waals surface area (Å²) in [5, 5.41) is 4.08. The van der Waals surface area contributed by atoms with E-state index >= 15 is 0 Å². The summed E-state index contributed by atoms with van der Waals surface area (Å²) in [6.07, 6.45) is 1.63. The van der Waals surface area contributed by atoms with Crippen LogP contribution in [0.4, 0.5) is 8.78 Å². The predicted octanol–water partition coefficient (Wildman–Crippen LogP) is 1.82. The molecule has 5 heteroatoms. The van der Waals surface area contributed by atoms with Gasteiger partial charge < -0.3 is 5.73 Å². The molecule has 1 heterocycles. The molecule has 0 saturated heterocycles. The second kappa shape index (κ2) is 4.02. The van der Waals surface area contributed by atoms with E-state index in [-0.39, 0.29) is 12.1 Å². The molecule has 0 bridgehead atoms. The Hall–Kier alpha value is -1.75. The predicted molar refractivity (Wildman–Crippen MR) is 56.5 cm³/mol. The summed E-state index contributed by atoms with van der Waals surface area (Å²) in [6.45, 7) is 0.187. The van der Waals surface area contributed by atoms with E-state index in [9.17, 15) is 8.78 Å². The highest BCUT2D eigenvalue weighted by Crippen LogP contribution is 2.26. The number of rotatable bonds is 2. The van der Waals surface area contributed by atoms with E-state index in [1.54, 1.807) is 13.2 Å². The van der Waals surface area contributed by atoms with Crippen molar-refractivity contribution in [2.24, 2.45) is 12.8 Å². The van der Waals surface area contributed by atoms with Crippen LogP contribution in [0, 0.1) is 11.6 Å². The van der Waals surface area contributed by atoms with Crippen LogP contribution in [0.15, 0.2) is 24.4 Å². The van der Waals surface area contributed by atoms with E-state index in [4.69, 9.17) is 5.73 Å². The third kappa shape index (κ3) is 1.81. The van der Waals surface area contributed by atoms with Gasteiger partial charge in [-0.1, -0.05) is 0 Å². The summed E-state index contributed by atoms with van der Waals surface area (Å²) in [5.74, 6) is -0.965. The molecule has 0 radical (unpaired) electrons. The minimum atomic E-state index is -0.483. The van der Waals surface area contributed by atoms with Crippen LogP contribution in [-0.2, 0) is 13.6 Å². The first-order chi connectivity index (χ1) is 7.61. The van der Waals surface area contributed by atoms with Crippen LogP contribution in [0.3, 0.4) is 0 Å². The zero-order chi connectivity index (χ0) is 11.7. The molecule has 0 atom stereocenters. The molecule has 1 aromatic carbocycles. The van der Waals surface area contributed by atoms with Gasteiger partial charge in [0.1, 0.15) is 11.6 Å². The van der Waals surface area contributed by atoms with E-state index in [1.807, 2.05) is 0 Å². The molecule has 0 aliphatic heterocycles. The maximum atomic E-state index is 13.5. The second-order valence-electron chi connectivity index (χ2n) is 3.49. The normalized spacial score (nSPS) is 10.8. The molecular formula is C11H11F2N3. The van der Waals surface area contributed by atoms with Crippen molar-refractivity contribution < 1.29 is 8.78 Å². The van der Waals surface area contributed by atoms with Crippen molar-refractivity contribution in [3.63, 3.8) is 0 Å². The molecule has 0 unspecified atom stereocenters. The molecule has 1 aromatic heterocycles. The minimum absolute atomic E-state index is 0.187. The maximum absolute atomic E-state index is 13.5. The largest absolute Gasteiger partial charge is 0.325 e. The quantitative estimate of drug-likeness (QED) is 0.844. The third-order valence-electron chi connectivity index (χ3n) is 2.32. The molecule has 3 nitrogen and oxygen atoms in total. The molecule has 0 aliphatic carbocycles. The van der Waals surface area contributed by atoms with Gasteiger partial charge in [0.25, 0.3) is 0 Å². The number of hydrogen-bond donors (Lipinski definition) is 1. The van der Waals surface area contributed by atoms with Crippen LogP contribution in [0.5, 0.6) is 0 Å². The molecule has 2 aromatic rings. The Bertz CT molecular complexity index is 520. The van der Waals surface area contributed by atoms with E-state index < -0.39 is 11.6 Å². The number of benzene rings is 1. The van der Waals surface area contributed by atoms with Crippen LogP contribution in [0.25, 0.3) is 11.1 Å². The lowest BCUT2D eigenvalue weighted by molar-refractivity contribution is 0.603. The van der Waals surface area contributed by atoms with Crippen molar-refractivity contribution in [2.75, 3.05) is 0 Å². The van der Waals surface area contributed by atoms with Gasteiger partial charge in [-0.2, -0.15) is 5.10 Å². The SMILES string of the molecule is Cn1cc(-c2cc(F)ccc2F)c(CN)n1. The fourth-order valence-corrected chi connectivity index (χ4v) is 1.61. The van der Waals surface area contributed by atoms with Gasteiger partial charge >= 0.3 is 0 Å². The summed E-state index contributed by atoms with van der Waals surface area (Å²) in [7, 11) is 1.71. The zero-order valence-electron chi connectivity index (χ0n) is 8.74. The van der Waals surface area contributed by atoms with Gasteiger partial charge in [-0.15, -0.1) is 0 Å².